The van der Waals surface area contributed by atoms with Crippen LogP contribution in [0.4, 0.5) is 0 Å². The largest absolute Gasteiger partial charge is 0.501 e. The van der Waals surface area contributed by atoms with Gasteiger partial charge in [-0.3, -0.25) is 4.79 Å². The predicted octanol–water partition coefficient (Wildman–Crippen LogP) is 2.66. The van der Waals surface area contributed by atoms with E-state index in [2.05, 4.69) is 6.92 Å². The maximum atomic E-state index is 12.0. The number of carbonyl (C=O) groups is 1. The van der Waals surface area contributed by atoms with Gasteiger partial charge in [0.15, 0.2) is 0 Å². The second-order valence-corrected chi connectivity index (χ2v) is 4.35. The molecule has 0 spiro atoms. The lowest BCUT2D eigenvalue weighted by Crippen LogP contribution is -2.33. The van der Waals surface area contributed by atoms with Gasteiger partial charge in [0.25, 0.3) is 0 Å². The van der Waals surface area contributed by atoms with Crippen LogP contribution in [0.25, 0.3) is 0 Å². The van der Waals surface area contributed by atoms with Crippen molar-refractivity contribution in [2.75, 3.05) is 21.3 Å². The summed E-state index contributed by atoms with van der Waals surface area (Å²) in [6.07, 6.45) is 5.18. The van der Waals surface area contributed by atoms with E-state index in [1.54, 1.807) is 14.2 Å². The molecule has 18 heavy (non-hydrogen) atoms. The number of methoxy groups -OCH3 is 3. The highest BCUT2D eigenvalue weighted by molar-refractivity contribution is 5.82. The monoisotopic (exact) mass is 254 g/mol. The zero-order valence-electron chi connectivity index (χ0n) is 11.8. The second-order valence-electron chi connectivity index (χ2n) is 4.35. The minimum atomic E-state index is -0.781. The van der Waals surface area contributed by atoms with Gasteiger partial charge in [-0.2, -0.15) is 0 Å². The van der Waals surface area contributed by atoms with Crippen LogP contribution >= 0.6 is 0 Å². The maximum absolute atomic E-state index is 12.0. The summed E-state index contributed by atoms with van der Waals surface area (Å²) in [5.41, 5.74) is -0.781. The Hall–Kier alpha value is -1.45. The van der Waals surface area contributed by atoms with E-state index >= 15 is 0 Å². The van der Waals surface area contributed by atoms with Crippen LogP contribution in [-0.4, -0.2) is 27.3 Å². The summed E-state index contributed by atoms with van der Waals surface area (Å²) in [6, 6.07) is 0. The average molecular weight is 254 g/mol. The highest BCUT2D eigenvalue weighted by Crippen LogP contribution is 2.40. The molecule has 0 aromatic rings. The molecule has 0 bridgehead atoms. The van der Waals surface area contributed by atoms with E-state index in [-0.39, 0.29) is 11.9 Å². The lowest BCUT2D eigenvalue weighted by Gasteiger charge is -2.32. The molecule has 0 saturated heterocycles. The Morgan fingerprint density at radius 3 is 1.94 bits per heavy atom. The number of carbonyl (C=O) groups excluding carboxylic acids is 1. The van der Waals surface area contributed by atoms with E-state index in [4.69, 9.17) is 14.2 Å². The third kappa shape index (κ3) is 2.37. The van der Waals surface area contributed by atoms with Crippen molar-refractivity contribution < 1.29 is 19.0 Å². The van der Waals surface area contributed by atoms with Gasteiger partial charge in [0, 0.05) is 0 Å². The molecular weight excluding hydrogens is 232 g/mol. The molecule has 0 aromatic carbocycles. The fourth-order valence-corrected chi connectivity index (χ4v) is 2.35. The highest BCUT2D eigenvalue weighted by atomic mass is 16.5. The number of ether oxygens (including phenoxy) is 3. The summed E-state index contributed by atoms with van der Waals surface area (Å²) in [4.78, 5) is 12.0. The topological polar surface area (TPSA) is 44.8 Å². The molecule has 0 aromatic heterocycles. The number of hydrogen-bond donors (Lipinski definition) is 0. The van der Waals surface area contributed by atoms with Crippen LogP contribution in [-0.2, 0) is 19.0 Å². The molecule has 1 aliphatic rings. The van der Waals surface area contributed by atoms with Crippen LogP contribution in [0.2, 0.25) is 0 Å². The summed E-state index contributed by atoms with van der Waals surface area (Å²) in [6.45, 7) is 4.00. The lowest BCUT2D eigenvalue weighted by atomic mass is 9.77. The Balaban J connectivity index is 3.28. The van der Waals surface area contributed by atoms with Gasteiger partial charge in [-0.1, -0.05) is 13.8 Å². The van der Waals surface area contributed by atoms with Crippen LogP contribution < -0.4 is 0 Å². The zero-order chi connectivity index (χ0) is 13.8. The number of esters is 1. The van der Waals surface area contributed by atoms with Crippen molar-refractivity contribution >= 4 is 5.97 Å². The molecule has 0 saturated carbocycles. The van der Waals surface area contributed by atoms with Crippen molar-refractivity contribution in [1.29, 1.82) is 0 Å². The van der Waals surface area contributed by atoms with Gasteiger partial charge in [-0.25, -0.2) is 0 Å². The fraction of sp³-hybridized carbons (Fsp3) is 0.643. The molecule has 102 valence electrons. The van der Waals surface area contributed by atoms with Crippen molar-refractivity contribution in [3.8, 4) is 0 Å². The van der Waals surface area contributed by atoms with Crippen molar-refractivity contribution in [3.63, 3.8) is 0 Å². The summed E-state index contributed by atoms with van der Waals surface area (Å²) < 4.78 is 15.7. The van der Waals surface area contributed by atoms with E-state index in [0.717, 1.165) is 17.9 Å². The standard InChI is InChI=1S/C14H22O4/c1-6-10-11(16-3)8-14(7-2,13(15)18-5)9-12(10)17-4/h8-10H,6-7H2,1-5H3. The van der Waals surface area contributed by atoms with E-state index in [9.17, 15) is 4.79 Å². The van der Waals surface area contributed by atoms with Crippen LogP contribution in [0.15, 0.2) is 23.7 Å². The molecule has 4 nitrogen and oxygen atoms in total. The van der Waals surface area contributed by atoms with E-state index in [1.165, 1.54) is 7.11 Å². The first kappa shape index (κ1) is 14.6. The minimum Gasteiger partial charge on any atom is -0.501 e. The molecule has 0 radical (unpaired) electrons. The first-order valence-corrected chi connectivity index (χ1v) is 6.20. The molecule has 0 fully saturated rings. The first-order chi connectivity index (χ1) is 8.58. The molecular formula is C14H22O4. The van der Waals surface area contributed by atoms with E-state index < -0.39 is 5.41 Å². The maximum Gasteiger partial charge on any atom is 0.319 e. The molecule has 0 aliphatic heterocycles. The Morgan fingerprint density at radius 2 is 1.67 bits per heavy atom. The molecule has 0 heterocycles. The summed E-state index contributed by atoms with van der Waals surface area (Å²) >= 11 is 0. The van der Waals surface area contributed by atoms with Crippen molar-refractivity contribution in [1.82, 2.24) is 0 Å². The Kier molecular flexibility index (Phi) is 4.82. The summed E-state index contributed by atoms with van der Waals surface area (Å²) in [7, 11) is 4.63. The molecule has 0 amide bonds. The molecule has 1 aliphatic carbocycles. The van der Waals surface area contributed by atoms with Crippen molar-refractivity contribution in [2.24, 2.45) is 11.3 Å². The van der Waals surface area contributed by atoms with Gasteiger partial charge < -0.3 is 14.2 Å². The van der Waals surface area contributed by atoms with Gasteiger partial charge in [-0.15, -0.1) is 0 Å². The van der Waals surface area contributed by atoms with Gasteiger partial charge in [0.2, 0.25) is 0 Å². The molecule has 1 rings (SSSR count). The van der Waals surface area contributed by atoms with Gasteiger partial charge in [0.1, 0.15) is 16.9 Å². The zero-order valence-corrected chi connectivity index (χ0v) is 11.8. The summed E-state index contributed by atoms with van der Waals surface area (Å²) in [5.74, 6) is 1.32. The second kappa shape index (κ2) is 5.94. The lowest BCUT2D eigenvalue weighted by molar-refractivity contribution is -0.147. The molecule has 0 unspecified atom stereocenters. The predicted molar refractivity (Wildman–Crippen MR) is 68.7 cm³/mol. The Bertz CT molecular complexity index is 346. The van der Waals surface area contributed by atoms with Gasteiger partial charge in [0.05, 0.1) is 27.2 Å². The minimum absolute atomic E-state index is 0.0735. The van der Waals surface area contributed by atoms with Crippen molar-refractivity contribution in [2.45, 2.75) is 26.7 Å². The average Bonchev–Trinajstić information content (AvgIpc) is 2.44. The SMILES string of the molecule is CCC1C(OC)=CC(CC)(C(=O)OC)C=C1OC. The highest BCUT2D eigenvalue weighted by Gasteiger charge is 2.41. The first-order valence-electron chi connectivity index (χ1n) is 6.20. The van der Waals surface area contributed by atoms with Gasteiger partial charge >= 0.3 is 5.97 Å². The molecule has 4 heteroatoms. The van der Waals surface area contributed by atoms with Gasteiger partial charge in [-0.05, 0) is 25.0 Å². The quantitative estimate of drug-likeness (QED) is 0.707. The number of hydrogen-bond acceptors (Lipinski definition) is 4. The van der Waals surface area contributed by atoms with E-state index in [1.807, 2.05) is 19.1 Å². The van der Waals surface area contributed by atoms with Crippen LogP contribution in [0.3, 0.4) is 0 Å². The van der Waals surface area contributed by atoms with E-state index in [0.29, 0.717) is 6.42 Å². The van der Waals surface area contributed by atoms with Crippen LogP contribution in [0.5, 0.6) is 0 Å². The molecule has 0 atom stereocenters. The number of rotatable bonds is 5. The Labute approximate surface area is 109 Å². The smallest absolute Gasteiger partial charge is 0.319 e. The van der Waals surface area contributed by atoms with Crippen molar-refractivity contribution in [3.05, 3.63) is 23.7 Å². The van der Waals surface area contributed by atoms with Crippen LogP contribution in [0, 0.1) is 11.3 Å². The summed E-state index contributed by atoms with van der Waals surface area (Å²) in [5, 5.41) is 0. The van der Waals surface area contributed by atoms with Crippen LogP contribution in [0.1, 0.15) is 26.7 Å². The molecule has 0 N–H and O–H groups in total. The normalized spacial score (nSPS) is 27.1. The fourth-order valence-electron chi connectivity index (χ4n) is 2.35. The third-order valence-electron chi connectivity index (χ3n) is 3.52. The third-order valence-corrected chi connectivity index (χ3v) is 3.52. The Morgan fingerprint density at radius 1 is 1.17 bits per heavy atom.